The summed E-state index contributed by atoms with van der Waals surface area (Å²) in [5.41, 5.74) is 1.54. The fourth-order valence-electron chi connectivity index (χ4n) is 2.72. The molecule has 0 fully saturated rings. The van der Waals surface area contributed by atoms with Crippen LogP contribution in [-0.4, -0.2) is 26.5 Å². The number of hydrogen-bond acceptors (Lipinski definition) is 6. The van der Waals surface area contributed by atoms with Gasteiger partial charge in [0, 0.05) is 16.6 Å². The summed E-state index contributed by atoms with van der Waals surface area (Å²) in [6.45, 7) is 2.07. The molecule has 0 saturated carbocycles. The molecule has 0 atom stereocenters. The van der Waals surface area contributed by atoms with E-state index in [1.165, 1.54) is 17.7 Å². The third-order valence-electron chi connectivity index (χ3n) is 4.04. The van der Waals surface area contributed by atoms with E-state index in [2.05, 4.69) is 15.4 Å². The minimum Gasteiger partial charge on any atom is -0.443 e. The number of carbonyl (C=O) groups is 2. The van der Waals surface area contributed by atoms with Gasteiger partial charge in [-0.05, 0) is 19.1 Å². The van der Waals surface area contributed by atoms with Gasteiger partial charge in [0.15, 0.2) is 23.6 Å². The van der Waals surface area contributed by atoms with Gasteiger partial charge in [-0.25, -0.2) is 4.98 Å². The fourth-order valence-corrected chi connectivity index (χ4v) is 3.61. The van der Waals surface area contributed by atoms with Crippen LogP contribution in [0.15, 0.2) is 65.7 Å². The zero-order valence-electron chi connectivity index (χ0n) is 15.0. The number of amides is 1. The molecule has 28 heavy (non-hydrogen) atoms. The Labute approximate surface area is 164 Å². The highest BCUT2D eigenvalue weighted by Gasteiger charge is 2.18. The first kappa shape index (κ1) is 17.9. The van der Waals surface area contributed by atoms with Crippen molar-refractivity contribution in [3.05, 3.63) is 76.7 Å². The van der Waals surface area contributed by atoms with E-state index >= 15 is 0 Å². The number of nitrogens with one attached hydrogen (secondary N) is 1. The molecule has 0 bridgehead atoms. The van der Waals surface area contributed by atoms with Crippen LogP contribution < -0.4 is 5.32 Å². The van der Waals surface area contributed by atoms with Gasteiger partial charge < -0.3 is 9.73 Å². The number of aromatic nitrogens is 3. The summed E-state index contributed by atoms with van der Waals surface area (Å²) in [5.74, 6) is 0.0921. The highest BCUT2D eigenvalue weighted by Crippen LogP contribution is 2.24. The molecule has 3 aromatic heterocycles. The van der Waals surface area contributed by atoms with Gasteiger partial charge in [0.25, 0.3) is 5.91 Å². The maximum absolute atomic E-state index is 12.6. The molecule has 0 radical (unpaired) electrons. The molecule has 7 nitrogen and oxygen atoms in total. The molecule has 1 aromatic carbocycles. The van der Waals surface area contributed by atoms with Crippen molar-refractivity contribution < 1.29 is 14.0 Å². The molecule has 4 rings (SSSR count). The molecule has 8 heteroatoms. The first-order chi connectivity index (χ1) is 13.6. The molecule has 0 saturated heterocycles. The number of Topliss-reactive ketones (excluding diaryl/α,β-unsaturated/α-hetero) is 1. The topological polar surface area (TPSA) is 90.0 Å². The average molecular weight is 392 g/mol. The highest BCUT2D eigenvalue weighted by atomic mass is 32.1. The quantitative estimate of drug-likeness (QED) is 0.499. The maximum atomic E-state index is 12.6. The predicted octanol–water partition coefficient (Wildman–Crippen LogP) is 4.10. The van der Waals surface area contributed by atoms with Gasteiger partial charge >= 0.3 is 0 Å². The van der Waals surface area contributed by atoms with Crippen LogP contribution in [-0.2, 0) is 6.54 Å². The summed E-state index contributed by atoms with van der Waals surface area (Å²) in [6, 6.07) is 13.0. The summed E-state index contributed by atoms with van der Waals surface area (Å²) in [6.07, 6.45) is 4.55. The molecule has 0 aliphatic carbocycles. The van der Waals surface area contributed by atoms with Gasteiger partial charge in [-0.2, -0.15) is 5.10 Å². The molecule has 0 aliphatic heterocycles. The zero-order valence-corrected chi connectivity index (χ0v) is 15.8. The number of nitrogens with zero attached hydrogens (tertiary/aromatic N) is 3. The SMILES string of the molecule is CC(=O)c1ccc(Cn2cc(NC(=O)c3ncoc3-c3ccccc3)cn2)s1. The molecule has 0 spiro atoms. The third-order valence-corrected chi connectivity index (χ3v) is 5.21. The molecular weight excluding hydrogens is 376 g/mol. The van der Waals surface area contributed by atoms with E-state index in [1.54, 1.807) is 24.0 Å². The van der Waals surface area contributed by atoms with Crippen molar-refractivity contribution in [1.29, 1.82) is 0 Å². The Morgan fingerprint density at radius 2 is 2.00 bits per heavy atom. The summed E-state index contributed by atoms with van der Waals surface area (Å²) >= 11 is 1.44. The van der Waals surface area contributed by atoms with Gasteiger partial charge in [-0.3, -0.25) is 14.3 Å². The highest BCUT2D eigenvalue weighted by molar-refractivity contribution is 7.14. The van der Waals surface area contributed by atoms with Crippen LogP contribution in [0.3, 0.4) is 0 Å². The Morgan fingerprint density at radius 1 is 1.18 bits per heavy atom. The van der Waals surface area contributed by atoms with Crippen LogP contribution in [0.25, 0.3) is 11.3 Å². The summed E-state index contributed by atoms with van der Waals surface area (Å²) in [7, 11) is 0. The van der Waals surface area contributed by atoms with E-state index in [-0.39, 0.29) is 17.4 Å². The van der Waals surface area contributed by atoms with Crippen molar-refractivity contribution in [3.8, 4) is 11.3 Å². The second-order valence-electron chi connectivity index (χ2n) is 6.10. The van der Waals surface area contributed by atoms with E-state index < -0.39 is 0 Å². The number of benzene rings is 1. The first-order valence-electron chi connectivity index (χ1n) is 8.52. The molecule has 1 N–H and O–H groups in total. The van der Waals surface area contributed by atoms with Gasteiger partial charge in [0.1, 0.15) is 0 Å². The molecule has 1 amide bonds. The molecule has 4 aromatic rings. The minimum absolute atomic E-state index is 0.0477. The van der Waals surface area contributed by atoms with Gasteiger partial charge in [0.05, 0.1) is 23.3 Å². The predicted molar refractivity (Wildman–Crippen MR) is 106 cm³/mol. The Balaban J connectivity index is 1.46. The van der Waals surface area contributed by atoms with Crippen molar-refractivity contribution in [2.75, 3.05) is 5.32 Å². The lowest BCUT2D eigenvalue weighted by Crippen LogP contribution is -2.13. The minimum atomic E-state index is -0.373. The number of ketones is 1. The first-order valence-corrected chi connectivity index (χ1v) is 9.34. The molecule has 3 heterocycles. The van der Waals surface area contributed by atoms with Crippen LogP contribution in [0.2, 0.25) is 0 Å². The van der Waals surface area contributed by atoms with Gasteiger partial charge in [0.2, 0.25) is 0 Å². The average Bonchev–Trinajstić information content (AvgIpc) is 3.43. The van der Waals surface area contributed by atoms with Crippen molar-refractivity contribution in [1.82, 2.24) is 14.8 Å². The molecule has 0 unspecified atom stereocenters. The van der Waals surface area contributed by atoms with E-state index in [0.29, 0.717) is 18.0 Å². The van der Waals surface area contributed by atoms with Crippen molar-refractivity contribution in [3.63, 3.8) is 0 Å². The van der Waals surface area contributed by atoms with Gasteiger partial charge in [-0.15, -0.1) is 11.3 Å². The monoisotopic (exact) mass is 392 g/mol. The van der Waals surface area contributed by atoms with E-state index in [9.17, 15) is 9.59 Å². The zero-order chi connectivity index (χ0) is 19.5. The second kappa shape index (κ2) is 7.61. The Morgan fingerprint density at radius 3 is 2.75 bits per heavy atom. The Kier molecular flexibility index (Phi) is 4.86. The van der Waals surface area contributed by atoms with Crippen LogP contribution >= 0.6 is 11.3 Å². The Hall–Kier alpha value is -3.52. The van der Waals surface area contributed by atoms with Crippen molar-refractivity contribution in [2.24, 2.45) is 0 Å². The van der Waals surface area contributed by atoms with Gasteiger partial charge in [-0.1, -0.05) is 30.3 Å². The third kappa shape index (κ3) is 3.77. The van der Waals surface area contributed by atoms with E-state index in [4.69, 9.17) is 4.42 Å². The van der Waals surface area contributed by atoms with Crippen molar-refractivity contribution >= 4 is 28.7 Å². The van der Waals surface area contributed by atoms with E-state index in [1.807, 2.05) is 42.5 Å². The molecular formula is C20H16N4O3S. The lowest BCUT2D eigenvalue weighted by Gasteiger charge is -2.02. The fraction of sp³-hybridized carbons (Fsp3) is 0.100. The van der Waals surface area contributed by atoms with Crippen LogP contribution in [0.1, 0.15) is 32.0 Å². The van der Waals surface area contributed by atoms with Crippen LogP contribution in [0, 0.1) is 0 Å². The number of carbonyl (C=O) groups excluding carboxylic acids is 2. The summed E-state index contributed by atoms with van der Waals surface area (Å²) < 4.78 is 7.10. The molecule has 0 aliphatic rings. The van der Waals surface area contributed by atoms with Crippen LogP contribution in [0.4, 0.5) is 5.69 Å². The standard InChI is InChI=1S/C20H16N4O3S/c1-13(25)17-8-7-16(28-17)11-24-10-15(9-22-24)23-20(26)18-19(27-12-21-18)14-5-3-2-4-6-14/h2-10,12H,11H2,1H3,(H,23,26). The normalized spacial score (nSPS) is 10.8. The summed E-state index contributed by atoms with van der Waals surface area (Å²) in [4.78, 5) is 29.8. The van der Waals surface area contributed by atoms with Crippen LogP contribution in [0.5, 0.6) is 0 Å². The Bertz CT molecular complexity index is 1130. The number of thiophene rings is 1. The maximum Gasteiger partial charge on any atom is 0.278 e. The lowest BCUT2D eigenvalue weighted by molar-refractivity contribution is 0.101. The molecule has 140 valence electrons. The number of rotatable bonds is 6. The summed E-state index contributed by atoms with van der Waals surface area (Å²) in [5, 5.41) is 7.05. The van der Waals surface area contributed by atoms with E-state index in [0.717, 1.165) is 15.3 Å². The second-order valence-corrected chi connectivity index (χ2v) is 7.27. The van der Waals surface area contributed by atoms with Crippen molar-refractivity contribution in [2.45, 2.75) is 13.5 Å². The smallest absolute Gasteiger partial charge is 0.278 e. The number of anilines is 1. The lowest BCUT2D eigenvalue weighted by atomic mass is 10.1. The number of oxazole rings is 1. The largest absolute Gasteiger partial charge is 0.443 e. The number of hydrogen-bond donors (Lipinski definition) is 1.